The zero-order chi connectivity index (χ0) is 24.1. The van der Waals surface area contributed by atoms with Crippen molar-refractivity contribution in [2.24, 2.45) is 10.1 Å². The number of hydrazone groups is 1. The van der Waals surface area contributed by atoms with Gasteiger partial charge >= 0.3 is 0 Å². The molecule has 10 heteroatoms. The summed E-state index contributed by atoms with van der Waals surface area (Å²) in [5.74, 6) is -1.52. The first-order valence-corrected chi connectivity index (χ1v) is 11.3. The predicted octanol–water partition coefficient (Wildman–Crippen LogP) is 5.69. The summed E-state index contributed by atoms with van der Waals surface area (Å²) in [6.07, 6.45) is 1.60. The van der Waals surface area contributed by atoms with E-state index in [1.165, 1.54) is 29.3 Å². The third kappa shape index (κ3) is 3.76. The molecule has 0 saturated carbocycles. The number of amidine groups is 2. The van der Waals surface area contributed by atoms with Crippen LogP contribution in [0.2, 0.25) is 5.02 Å². The van der Waals surface area contributed by atoms with Crippen molar-refractivity contribution >= 4 is 51.4 Å². The Kier molecular flexibility index (Phi) is 5.45. The molecule has 0 fully saturated rings. The summed E-state index contributed by atoms with van der Waals surface area (Å²) >= 11 is 7.10. The number of aryl methyl sites for hydroxylation is 1. The number of rotatable bonds is 3. The molecular formula is C24H16ClF2N5OS. The number of amides is 1. The number of carbonyl (C=O) groups is 1. The highest BCUT2D eigenvalue weighted by atomic mass is 35.5. The molecule has 1 aromatic heterocycles. The highest BCUT2D eigenvalue weighted by Gasteiger charge is 2.36. The van der Waals surface area contributed by atoms with Crippen molar-refractivity contribution in [1.82, 2.24) is 9.58 Å². The molecule has 5 rings (SSSR count). The van der Waals surface area contributed by atoms with Gasteiger partial charge in [-0.2, -0.15) is 15.1 Å². The van der Waals surface area contributed by atoms with Crippen LogP contribution in [0.15, 0.2) is 64.2 Å². The summed E-state index contributed by atoms with van der Waals surface area (Å²) < 4.78 is 28.8. The lowest BCUT2D eigenvalue weighted by Crippen LogP contribution is -2.35. The number of thioether (sulfide) groups is 1. The first-order chi connectivity index (χ1) is 16.2. The normalized spacial score (nSPS) is 16.7. The van der Waals surface area contributed by atoms with E-state index in [4.69, 9.17) is 17.0 Å². The van der Waals surface area contributed by atoms with Crippen molar-refractivity contribution in [2.45, 2.75) is 13.8 Å². The van der Waals surface area contributed by atoms with Gasteiger partial charge in [0.2, 0.25) is 5.17 Å². The molecule has 0 aliphatic carbocycles. The fourth-order valence-corrected chi connectivity index (χ4v) is 4.88. The highest BCUT2D eigenvalue weighted by molar-refractivity contribution is 8.27. The Bertz CT molecular complexity index is 1470. The number of fused-ring (bicyclic) bond motifs is 1. The van der Waals surface area contributed by atoms with E-state index in [2.05, 4.69) is 10.1 Å². The summed E-state index contributed by atoms with van der Waals surface area (Å²) in [4.78, 5) is 16.9. The Hall–Kier alpha value is -3.56. The largest absolute Gasteiger partial charge is 0.318 e. The number of carbonyl (C=O) groups excluding carboxylic acids is 1. The maximum absolute atomic E-state index is 13.6. The molecule has 0 unspecified atom stereocenters. The van der Waals surface area contributed by atoms with Gasteiger partial charge in [-0.1, -0.05) is 11.6 Å². The van der Waals surface area contributed by atoms with Crippen LogP contribution in [0.3, 0.4) is 0 Å². The van der Waals surface area contributed by atoms with Crippen LogP contribution in [-0.4, -0.2) is 31.5 Å². The van der Waals surface area contributed by atoms with Crippen LogP contribution < -0.4 is 0 Å². The molecule has 2 aromatic carbocycles. The molecule has 170 valence electrons. The Morgan fingerprint density at radius 1 is 1.09 bits per heavy atom. The number of aliphatic imine (C=N–C) groups is 1. The Balaban J connectivity index is 1.51. The standard InChI is InChI=1S/C24H16ClF2N5OS/c1-12-9-15(13(2)31(12)17-7-8-20(27)19(25)11-17)10-18-21(28)32-24(29-22(18)33)34-23(30-32)14-3-5-16(26)6-4-14/h3-11,28H,1-2H3/b18-10+,28-21?. The second-order valence-corrected chi connectivity index (χ2v) is 9.06. The molecule has 1 amide bonds. The number of aromatic nitrogens is 1. The average Bonchev–Trinajstić information content (AvgIpc) is 3.34. The van der Waals surface area contributed by atoms with Crippen molar-refractivity contribution in [1.29, 1.82) is 5.41 Å². The van der Waals surface area contributed by atoms with Crippen molar-refractivity contribution < 1.29 is 13.6 Å². The summed E-state index contributed by atoms with van der Waals surface area (Å²) in [6.45, 7) is 3.74. The van der Waals surface area contributed by atoms with Gasteiger partial charge in [-0.15, -0.1) is 0 Å². The average molecular weight is 496 g/mol. The molecular weight excluding hydrogens is 480 g/mol. The van der Waals surface area contributed by atoms with Gasteiger partial charge in [-0.25, -0.2) is 8.78 Å². The van der Waals surface area contributed by atoms with Crippen LogP contribution >= 0.6 is 23.4 Å². The molecule has 0 spiro atoms. The van der Waals surface area contributed by atoms with Crippen molar-refractivity contribution in [3.63, 3.8) is 0 Å². The Labute approximate surface area is 202 Å². The van der Waals surface area contributed by atoms with Gasteiger partial charge in [0.15, 0.2) is 5.84 Å². The van der Waals surface area contributed by atoms with Gasteiger partial charge in [0.25, 0.3) is 5.91 Å². The van der Waals surface area contributed by atoms with Gasteiger partial charge in [0.05, 0.1) is 10.6 Å². The minimum Gasteiger partial charge on any atom is -0.318 e. The number of halogens is 3. The van der Waals surface area contributed by atoms with E-state index < -0.39 is 11.7 Å². The van der Waals surface area contributed by atoms with E-state index in [-0.39, 0.29) is 27.4 Å². The second-order valence-electron chi connectivity index (χ2n) is 7.69. The predicted molar refractivity (Wildman–Crippen MR) is 131 cm³/mol. The molecule has 34 heavy (non-hydrogen) atoms. The molecule has 2 aliphatic heterocycles. The minimum atomic E-state index is -0.547. The number of nitrogens with zero attached hydrogens (tertiary/aromatic N) is 4. The fourth-order valence-electron chi connectivity index (χ4n) is 3.81. The lowest BCUT2D eigenvalue weighted by molar-refractivity contribution is -0.114. The zero-order valence-corrected chi connectivity index (χ0v) is 19.5. The topological polar surface area (TPSA) is 73.8 Å². The number of hydrogen-bond donors (Lipinski definition) is 1. The van der Waals surface area contributed by atoms with Crippen molar-refractivity contribution in [3.8, 4) is 5.69 Å². The van der Waals surface area contributed by atoms with Crippen LogP contribution in [0.25, 0.3) is 11.8 Å². The molecule has 3 heterocycles. The quantitative estimate of drug-likeness (QED) is 0.474. The van der Waals surface area contributed by atoms with E-state index in [9.17, 15) is 13.6 Å². The van der Waals surface area contributed by atoms with Crippen molar-refractivity contribution in [3.05, 3.63) is 93.3 Å². The number of hydrogen-bond acceptors (Lipinski definition) is 4. The van der Waals surface area contributed by atoms with Crippen LogP contribution in [-0.2, 0) is 4.79 Å². The minimum absolute atomic E-state index is 0.0114. The molecule has 6 nitrogen and oxygen atoms in total. The number of benzene rings is 2. The number of nitrogens with one attached hydrogen (secondary N) is 1. The summed E-state index contributed by atoms with van der Waals surface area (Å²) in [6, 6.07) is 12.1. The second kappa shape index (κ2) is 8.34. The Morgan fingerprint density at radius 3 is 2.53 bits per heavy atom. The maximum Gasteiger partial charge on any atom is 0.283 e. The van der Waals surface area contributed by atoms with E-state index in [0.29, 0.717) is 21.9 Å². The zero-order valence-electron chi connectivity index (χ0n) is 17.9. The van der Waals surface area contributed by atoms with Crippen LogP contribution in [0.1, 0.15) is 22.5 Å². The van der Waals surface area contributed by atoms with Crippen LogP contribution in [0.5, 0.6) is 0 Å². The molecule has 0 saturated heterocycles. The van der Waals surface area contributed by atoms with E-state index in [0.717, 1.165) is 23.1 Å². The third-order valence-electron chi connectivity index (χ3n) is 5.48. The van der Waals surface area contributed by atoms with Gasteiger partial charge in [-0.3, -0.25) is 10.2 Å². The van der Waals surface area contributed by atoms with E-state index in [1.54, 1.807) is 24.3 Å². The van der Waals surface area contributed by atoms with Gasteiger partial charge in [-0.05, 0) is 85.8 Å². The van der Waals surface area contributed by atoms with Crippen molar-refractivity contribution in [2.75, 3.05) is 0 Å². The van der Waals surface area contributed by atoms with E-state index >= 15 is 0 Å². The monoisotopic (exact) mass is 495 g/mol. The fraction of sp³-hybridized carbons (Fsp3) is 0.0833. The van der Waals surface area contributed by atoms with Crippen LogP contribution in [0, 0.1) is 30.9 Å². The first kappa shape index (κ1) is 22.2. The lowest BCUT2D eigenvalue weighted by atomic mass is 10.1. The third-order valence-corrected chi connectivity index (χ3v) is 6.72. The molecule has 0 atom stereocenters. The molecule has 0 bridgehead atoms. The molecule has 2 aliphatic rings. The summed E-state index contributed by atoms with van der Waals surface area (Å²) in [5.41, 5.74) is 3.77. The first-order valence-electron chi connectivity index (χ1n) is 10.1. The van der Waals surface area contributed by atoms with Gasteiger partial charge < -0.3 is 4.57 Å². The maximum atomic E-state index is 13.6. The van der Waals surface area contributed by atoms with Gasteiger partial charge in [0.1, 0.15) is 16.7 Å². The summed E-state index contributed by atoms with van der Waals surface area (Å²) in [7, 11) is 0. The molecule has 3 aromatic rings. The Morgan fingerprint density at radius 2 is 1.82 bits per heavy atom. The summed E-state index contributed by atoms with van der Waals surface area (Å²) in [5, 5.41) is 15.1. The lowest BCUT2D eigenvalue weighted by Gasteiger charge is -2.20. The van der Waals surface area contributed by atoms with Crippen LogP contribution in [0.4, 0.5) is 8.78 Å². The SMILES string of the molecule is Cc1cc(/C=C2\C(=N)N3N=C(c4ccc(F)cc4)SC3=NC2=O)c(C)n1-c1ccc(F)c(Cl)c1. The van der Waals surface area contributed by atoms with E-state index in [1.807, 2.05) is 24.5 Å². The smallest absolute Gasteiger partial charge is 0.283 e. The molecule has 0 radical (unpaired) electrons. The highest BCUT2D eigenvalue weighted by Crippen LogP contribution is 2.32. The van der Waals surface area contributed by atoms with Gasteiger partial charge in [0, 0.05) is 22.6 Å². The molecule has 1 N–H and O–H groups in total.